The maximum atomic E-state index is 12.6. The number of benzene rings is 1. The maximum Gasteiger partial charge on any atom is 0.338 e. The lowest BCUT2D eigenvalue weighted by Crippen LogP contribution is -2.38. The van der Waals surface area contributed by atoms with Crippen LogP contribution in [0.5, 0.6) is 0 Å². The third kappa shape index (κ3) is 3.26. The minimum Gasteiger partial charge on any atom is -0.463 e. The van der Waals surface area contributed by atoms with Gasteiger partial charge in [0.05, 0.1) is 23.9 Å². The molecular formula is C18H15ClN4O2S. The van der Waals surface area contributed by atoms with Crippen molar-refractivity contribution in [1.29, 1.82) is 10.7 Å². The molecule has 1 unspecified atom stereocenters. The van der Waals surface area contributed by atoms with Gasteiger partial charge in [-0.25, -0.2) is 9.79 Å². The van der Waals surface area contributed by atoms with Gasteiger partial charge in [0.2, 0.25) is 0 Å². The summed E-state index contributed by atoms with van der Waals surface area (Å²) in [5.41, 5.74) is 1.96. The first kappa shape index (κ1) is 18.2. The average Bonchev–Trinajstić information content (AvgIpc) is 2.61. The zero-order chi connectivity index (χ0) is 18.8. The minimum atomic E-state index is -0.511. The lowest BCUT2D eigenvalue weighted by Gasteiger charge is -2.38. The van der Waals surface area contributed by atoms with E-state index in [0.29, 0.717) is 21.5 Å². The van der Waals surface area contributed by atoms with Crippen LogP contribution in [0.15, 0.2) is 52.3 Å². The second-order valence-electron chi connectivity index (χ2n) is 5.56. The van der Waals surface area contributed by atoms with Crippen LogP contribution in [0.2, 0.25) is 5.02 Å². The van der Waals surface area contributed by atoms with Gasteiger partial charge in [-0.05, 0) is 43.3 Å². The van der Waals surface area contributed by atoms with Crippen molar-refractivity contribution in [3.05, 3.63) is 57.9 Å². The molecule has 1 atom stereocenters. The summed E-state index contributed by atoms with van der Waals surface area (Å²) in [6.45, 7) is 3.74. The van der Waals surface area contributed by atoms with Crippen LogP contribution in [0.1, 0.15) is 25.5 Å². The molecule has 132 valence electrons. The second kappa shape index (κ2) is 7.36. The van der Waals surface area contributed by atoms with E-state index in [9.17, 15) is 10.1 Å². The Balaban J connectivity index is 2.19. The first-order chi connectivity index (χ1) is 12.5. The zero-order valence-electron chi connectivity index (χ0n) is 14.1. The lowest BCUT2D eigenvalue weighted by molar-refractivity contribution is -0.139. The number of hydrogen-bond donors (Lipinski definition) is 1. The third-order valence-electron chi connectivity index (χ3n) is 3.93. The van der Waals surface area contributed by atoms with Gasteiger partial charge in [0.25, 0.3) is 0 Å². The molecule has 2 aliphatic heterocycles. The van der Waals surface area contributed by atoms with E-state index in [-0.39, 0.29) is 17.2 Å². The number of amidine groups is 1. The molecule has 1 N–H and O–H groups in total. The number of halogens is 1. The highest BCUT2D eigenvalue weighted by Crippen LogP contribution is 2.41. The number of rotatable bonds is 3. The predicted octanol–water partition coefficient (Wildman–Crippen LogP) is 4.02. The Morgan fingerprint density at radius 3 is 2.77 bits per heavy atom. The highest BCUT2D eigenvalue weighted by molar-refractivity contribution is 8.26. The number of carbonyl (C=O) groups excluding carboxylic acids is 1. The van der Waals surface area contributed by atoms with Gasteiger partial charge >= 0.3 is 5.97 Å². The maximum absolute atomic E-state index is 12.6. The van der Waals surface area contributed by atoms with Crippen molar-refractivity contribution < 1.29 is 9.53 Å². The molecule has 2 aliphatic rings. The van der Waals surface area contributed by atoms with E-state index in [1.807, 2.05) is 18.2 Å². The summed E-state index contributed by atoms with van der Waals surface area (Å²) in [4.78, 5) is 18.8. The highest BCUT2D eigenvalue weighted by Gasteiger charge is 2.38. The number of ether oxygens (including phenoxy) is 1. The molecule has 0 fully saturated rings. The first-order valence-electron chi connectivity index (χ1n) is 7.85. The van der Waals surface area contributed by atoms with Crippen molar-refractivity contribution >= 4 is 39.5 Å². The number of allylic oxidation sites excluding steroid dienone is 1. The van der Waals surface area contributed by atoms with E-state index in [4.69, 9.17) is 21.7 Å². The topological polar surface area (TPSA) is 89.5 Å². The largest absolute Gasteiger partial charge is 0.463 e. The molecule has 0 aromatic heterocycles. The standard InChI is InChI=1S/C18H15ClN4O2S/c1-3-25-17(24)14-10(2)22-18-23(9-12(8-20)16(21)26-18)15(14)11-4-6-13(19)7-5-11/h4-7,9,15,21H,3H2,1-2H3. The number of thioether (sulfide) groups is 1. The number of fused-ring (bicyclic) bond motifs is 1. The van der Waals surface area contributed by atoms with Crippen LogP contribution in [0.3, 0.4) is 0 Å². The Bertz CT molecular complexity index is 912. The third-order valence-corrected chi connectivity index (χ3v) is 5.09. The molecular weight excluding hydrogens is 372 g/mol. The van der Waals surface area contributed by atoms with Crippen LogP contribution >= 0.6 is 23.4 Å². The van der Waals surface area contributed by atoms with Crippen molar-refractivity contribution in [2.45, 2.75) is 19.9 Å². The van der Waals surface area contributed by atoms with Crippen LogP contribution in [0, 0.1) is 16.7 Å². The molecule has 0 aliphatic carbocycles. The highest BCUT2D eigenvalue weighted by atomic mass is 35.5. The van der Waals surface area contributed by atoms with Gasteiger partial charge in [0, 0.05) is 11.2 Å². The van der Waals surface area contributed by atoms with Crippen molar-refractivity contribution in [3.8, 4) is 6.07 Å². The van der Waals surface area contributed by atoms with Crippen molar-refractivity contribution in [2.24, 2.45) is 4.99 Å². The van der Waals surface area contributed by atoms with Crippen molar-refractivity contribution in [2.75, 3.05) is 6.61 Å². The van der Waals surface area contributed by atoms with Gasteiger partial charge in [0.15, 0.2) is 5.17 Å². The van der Waals surface area contributed by atoms with Crippen molar-refractivity contribution in [3.63, 3.8) is 0 Å². The molecule has 1 aromatic rings. The van der Waals surface area contributed by atoms with Gasteiger partial charge in [0.1, 0.15) is 16.7 Å². The Morgan fingerprint density at radius 1 is 1.46 bits per heavy atom. The molecule has 2 heterocycles. The number of carbonyl (C=O) groups is 1. The molecule has 0 amide bonds. The van der Waals surface area contributed by atoms with E-state index < -0.39 is 12.0 Å². The van der Waals surface area contributed by atoms with E-state index in [2.05, 4.69) is 4.99 Å². The summed E-state index contributed by atoms with van der Waals surface area (Å²) in [7, 11) is 0. The Kier molecular flexibility index (Phi) is 5.16. The Morgan fingerprint density at radius 2 is 2.15 bits per heavy atom. The SMILES string of the molecule is CCOC(=O)C1=C(C)N=C2SC(=N)C(C#N)=CN2C1c1ccc(Cl)cc1. The average molecular weight is 387 g/mol. The number of aliphatic imine (C=N–C) groups is 1. The van der Waals surface area contributed by atoms with Crippen molar-refractivity contribution in [1.82, 2.24) is 4.90 Å². The van der Waals surface area contributed by atoms with Gasteiger partial charge in [-0.2, -0.15) is 5.26 Å². The summed E-state index contributed by atoms with van der Waals surface area (Å²) >= 11 is 7.09. The molecule has 0 spiro atoms. The fourth-order valence-corrected chi connectivity index (χ4v) is 3.74. The number of nitriles is 1. The predicted molar refractivity (Wildman–Crippen MR) is 102 cm³/mol. The second-order valence-corrected chi connectivity index (χ2v) is 6.98. The molecule has 0 saturated carbocycles. The van der Waals surface area contributed by atoms with Gasteiger partial charge in [-0.1, -0.05) is 23.7 Å². The number of nitrogens with one attached hydrogen (secondary N) is 1. The summed E-state index contributed by atoms with van der Waals surface area (Å²) in [6.07, 6.45) is 1.56. The van der Waals surface area contributed by atoms with Gasteiger partial charge in [-0.15, -0.1) is 0 Å². The van der Waals surface area contributed by atoms with E-state index >= 15 is 0 Å². The smallest absolute Gasteiger partial charge is 0.338 e. The van der Waals surface area contributed by atoms with Gasteiger partial charge in [-0.3, -0.25) is 5.41 Å². The summed E-state index contributed by atoms with van der Waals surface area (Å²) in [6, 6.07) is 8.64. The summed E-state index contributed by atoms with van der Waals surface area (Å²) in [5, 5.41) is 18.5. The monoisotopic (exact) mass is 386 g/mol. The van der Waals surface area contributed by atoms with Crippen LogP contribution in [-0.4, -0.2) is 27.7 Å². The quantitative estimate of drug-likeness (QED) is 0.792. The summed E-state index contributed by atoms with van der Waals surface area (Å²) < 4.78 is 5.23. The first-order valence-corrected chi connectivity index (χ1v) is 9.04. The van der Waals surface area contributed by atoms with E-state index in [1.165, 1.54) is 0 Å². The number of hydrogen-bond acceptors (Lipinski definition) is 7. The van der Waals surface area contributed by atoms with Crippen LogP contribution < -0.4 is 0 Å². The fourth-order valence-electron chi connectivity index (χ4n) is 2.78. The zero-order valence-corrected chi connectivity index (χ0v) is 15.7. The normalized spacial score (nSPS) is 19.4. The van der Waals surface area contributed by atoms with Crippen LogP contribution in [0.4, 0.5) is 0 Å². The van der Waals surface area contributed by atoms with Gasteiger partial charge < -0.3 is 9.64 Å². The summed E-state index contributed by atoms with van der Waals surface area (Å²) in [5.74, 6) is -0.453. The van der Waals surface area contributed by atoms with E-state index in [0.717, 1.165) is 17.3 Å². The molecule has 8 heteroatoms. The fraction of sp³-hybridized carbons (Fsp3) is 0.222. The molecule has 6 nitrogen and oxygen atoms in total. The molecule has 0 saturated heterocycles. The number of nitrogens with zero attached hydrogens (tertiary/aromatic N) is 3. The molecule has 3 rings (SSSR count). The van der Waals surface area contributed by atoms with Crippen LogP contribution in [0.25, 0.3) is 0 Å². The van der Waals surface area contributed by atoms with Crippen LogP contribution in [-0.2, 0) is 9.53 Å². The molecule has 26 heavy (non-hydrogen) atoms. The lowest BCUT2D eigenvalue weighted by atomic mass is 9.94. The Labute approximate surface area is 160 Å². The number of esters is 1. The molecule has 0 bridgehead atoms. The van der Waals surface area contributed by atoms with E-state index in [1.54, 1.807) is 37.1 Å². The molecule has 1 aromatic carbocycles. The minimum absolute atomic E-state index is 0.129. The Hall–Kier alpha value is -2.56. The molecule has 0 radical (unpaired) electrons.